The molecule has 0 amide bonds. The zero-order chi connectivity index (χ0) is 16.4. The number of benzene rings is 2. The lowest BCUT2D eigenvalue weighted by Gasteiger charge is -2.24. The van der Waals surface area contributed by atoms with Crippen molar-refractivity contribution in [2.24, 2.45) is 0 Å². The molecule has 1 fully saturated rings. The molecule has 1 saturated heterocycles. The Kier molecular flexibility index (Phi) is 4.18. The van der Waals surface area contributed by atoms with Crippen molar-refractivity contribution >= 4 is 16.7 Å². The fraction of sp³-hybridized carbons (Fsp3) is 0.286. The molecule has 1 aliphatic rings. The minimum absolute atomic E-state index is 0.811. The van der Waals surface area contributed by atoms with E-state index >= 15 is 0 Å². The van der Waals surface area contributed by atoms with Gasteiger partial charge in [0.2, 0.25) is 0 Å². The highest BCUT2D eigenvalue weighted by Gasteiger charge is 2.23. The second-order valence-corrected chi connectivity index (χ2v) is 6.79. The van der Waals surface area contributed by atoms with Gasteiger partial charge in [-0.25, -0.2) is 4.98 Å². The molecule has 4 N–H and O–H groups in total. The van der Waals surface area contributed by atoms with Crippen LogP contribution in [0.15, 0.2) is 54.6 Å². The fourth-order valence-corrected chi connectivity index (χ4v) is 3.92. The summed E-state index contributed by atoms with van der Waals surface area (Å²) in [5.41, 5.74) is 11.4. The van der Waals surface area contributed by atoms with Crippen LogP contribution in [-0.4, -0.2) is 13.1 Å². The van der Waals surface area contributed by atoms with Gasteiger partial charge in [-0.1, -0.05) is 48.5 Å². The Hall–Kier alpha value is -2.39. The highest BCUT2D eigenvalue weighted by molar-refractivity contribution is 5.95. The zero-order valence-corrected chi connectivity index (χ0v) is 14.0. The maximum atomic E-state index is 6.47. The number of H-pyrrole nitrogens is 1. The predicted molar refractivity (Wildman–Crippen MR) is 98.6 cm³/mol. The molecular formula is C21H25N3+2. The third-order valence-electron chi connectivity index (χ3n) is 5.14. The first-order valence-electron chi connectivity index (χ1n) is 8.94. The maximum Gasteiger partial charge on any atom is 0.280 e. The van der Waals surface area contributed by atoms with E-state index in [-0.39, 0.29) is 0 Å². The number of quaternary nitrogens is 1. The standard InChI is InChI=1S/C21H23N3/c22-21-18(15-24-13-7-2-8-14-24)20(16-9-3-1-4-10-16)17-11-5-6-12-19(17)23-21/h1,3-6,9-12H,2,7-8,13-15H2,(H2,22,23)/p+2. The molecule has 3 heteroatoms. The SMILES string of the molecule is Nc1[nH+]c2ccccc2c(-c2ccccc2)c1C[NH+]1CCCCC1. The van der Waals surface area contributed by atoms with Gasteiger partial charge >= 0.3 is 0 Å². The summed E-state index contributed by atoms with van der Waals surface area (Å²) in [4.78, 5) is 5.07. The zero-order valence-electron chi connectivity index (χ0n) is 14.0. The molecule has 0 saturated carbocycles. The largest absolute Gasteiger partial charge is 0.331 e. The van der Waals surface area contributed by atoms with E-state index < -0.39 is 0 Å². The number of fused-ring (bicyclic) bond motifs is 1. The van der Waals surface area contributed by atoms with Crippen LogP contribution in [0.25, 0.3) is 22.0 Å². The van der Waals surface area contributed by atoms with E-state index in [1.165, 1.54) is 54.4 Å². The summed E-state index contributed by atoms with van der Waals surface area (Å²) in [5.74, 6) is 0.811. The number of pyridine rings is 1. The van der Waals surface area contributed by atoms with Crippen LogP contribution in [0.1, 0.15) is 24.8 Å². The average Bonchev–Trinajstić information content (AvgIpc) is 2.64. The molecule has 0 radical (unpaired) electrons. The van der Waals surface area contributed by atoms with Crippen molar-refractivity contribution in [1.82, 2.24) is 0 Å². The monoisotopic (exact) mass is 319 g/mol. The van der Waals surface area contributed by atoms with Crippen LogP contribution in [0.3, 0.4) is 0 Å². The van der Waals surface area contributed by atoms with E-state index in [2.05, 4.69) is 59.6 Å². The Labute approximate surface area is 143 Å². The topological polar surface area (TPSA) is 44.6 Å². The number of nitrogens with two attached hydrogens (primary N) is 1. The van der Waals surface area contributed by atoms with Crippen molar-refractivity contribution in [3.8, 4) is 11.1 Å². The summed E-state index contributed by atoms with van der Waals surface area (Å²) >= 11 is 0. The highest BCUT2D eigenvalue weighted by atomic mass is 15.1. The summed E-state index contributed by atoms with van der Waals surface area (Å²) in [6.45, 7) is 3.50. The highest BCUT2D eigenvalue weighted by Crippen LogP contribution is 2.32. The van der Waals surface area contributed by atoms with Gasteiger partial charge in [0.25, 0.3) is 5.82 Å². The van der Waals surface area contributed by atoms with E-state index in [1.807, 2.05) is 0 Å². The van der Waals surface area contributed by atoms with Crippen LogP contribution in [0.5, 0.6) is 0 Å². The van der Waals surface area contributed by atoms with Crippen molar-refractivity contribution in [2.75, 3.05) is 18.8 Å². The predicted octanol–water partition coefficient (Wildman–Crippen LogP) is 2.47. The number of likely N-dealkylation sites (tertiary alicyclic amines) is 1. The van der Waals surface area contributed by atoms with Crippen molar-refractivity contribution < 1.29 is 9.88 Å². The van der Waals surface area contributed by atoms with Crippen molar-refractivity contribution in [1.29, 1.82) is 0 Å². The first-order valence-corrected chi connectivity index (χ1v) is 8.94. The number of hydrogen-bond donors (Lipinski definition) is 2. The fourth-order valence-electron chi connectivity index (χ4n) is 3.92. The van der Waals surface area contributed by atoms with Gasteiger partial charge in [0.1, 0.15) is 17.6 Å². The number of rotatable bonds is 3. The average molecular weight is 319 g/mol. The third kappa shape index (κ3) is 2.87. The lowest BCUT2D eigenvalue weighted by atomic mass is 9.95. The van der Waals surface area contributed by atoms with Gasteiger partial charge < -0.3 is 4.90 Å². The summed E-state index contributed by atoms with van der Waals surface area (Å²) in [7, 11) is 0. The van der Waals surface area contributed by atoms with E-state index in [0.29, 0.717) is 0 Å². The second kappa shape index (κ2) is 6.62. The first kappa shape index (κ1) is 15.2. The number of hydrogen-bond acceptors (Lipinski definition) is 1. The minimum Gasteiger partial charge on any atom is -0.331 e. The molecule has 2 heterocycles. The molecule has 0 bridgehead atoms. The first-order chi connectivity index (χ1) is 11.8. The van der Waals surface area contributed by atoms with Gasteiger partial charge in [-0.05, 0) is 30.9 Å². The molecule has 122 valence electrons. The van der Waals surface area contributed by atoms with E-state index in [0.717, 1.165) is 17.9 Å². The third-order valence-corrected chi connectivity index (χ3v) is 5.14. The molecule has 0 spiro atoms. The Morgan fingerprint density at radius 3 is 2.38 bits per heavy atom. The van der Waals surface area contributed by atoms with Crippen molar-refractivity contribution in [3.05, 3.63) is 60.2 Å². The Balaban J connectivity index is 1.89. The Morgan fingerprint density at radius 1 is 0.875 bits per heavy atom. The molecule has 0 unspecified atom stereocenters. The molecule has 0 atom stereocenters. The van der Waals surface area contributed by atoms with Crippen molar-refractivity contribution in [2.45, 2.75) is 25.8 Å². The van der Waals surface area contributed by atoms with Gasteiger partial charge in [-0.2, -0.15) is 0 Å². The number of anilines is 1. The summed E-state index contributed by atoms with van der Waals surface area (Å²) < 4.78 is 0. The molecular weight excluding hydrogens is 294 g/mol. The number of para-hydroxylation sites is 1. The maximum absolute atomic E-state index is 6.47. The molecule has 24 heavy (non-hydrogen) atoms. The van der Waals surface area contributed by atoms with Crippen LogP contribution in [0.2, 0.25) is 0 Å². The molecule has 1 aromatic heterocycles. The van der Waals surface area contributed by atoms with Crippen LogP contribution < -0.4 is 15.6 Å². The molecule has 0 aliphatic carbocycles. The van der Waals surface area contributed by atoms with Gasteiger partial charge in [0.05, 0.1) is 13.1 Å². The molecule has 2 aromatic carbocycles. The van der Waals surface area contributed by atoms with Gasteiger partial charge in [0.15, 0.2) is 0 Å². The number of nitrogen functional groups attached to an aromatic ring is 1. The van der Waals surface area contributed by atoms with Crippen LogP contribution in [0.4, 0.5) is 5.82 Å². The Bertz CT molecular complexity index is 836. The molecule has 4 rings (SSSR count). The Morgan fingerprint density at radius 2 is 1.58 bits per heavy atom. The normalized spacial score (nSPS) is 15.7. The summed E-state index contributed by atoms with van der Waals surface area (Å²) in [6.07, 6.45) is 4.02. The van der Waals surface area contributed by atoms with Crippen LogP contribution in [-0.2, 0) is 6.54 Å². The quantitative estimate of drug-likeness (QED) is 0.765. The number of aromatic nitrogens is 1. The van der Waals surface area contributed by atoms with E-state index in [4.69, 9.17) is 5.73 Å². The van der Waals surface area contributed by atoms with Crippen LogP contribution >= 0.6 is 0 Å². The van der Waals surface area contributed by atoms with Crippen LogP contribution in [0, 0.1) is 0 Å². The van der Waals surface area contributed by atoms with Gasteiger partial charge in [-0.3, -0.25) is 5.73 Å². The smallest absolute Gasteiger partial charge is 0.280 e. The van der Waals surface area contributed by atoms with E-state index in [9.17, 15) is 0 Å². The van der Waals surface area contributed by atoms with E-state index in [1.54, 1.807) is 4.90 Å². The van der Waals surface area contributed by atoms with Crippen molar-refractivity contribution in [3.63, 3.8) is 0 Å². The number of piperidine rings is 1. The minimum atomic E-state index is 0.811. The second-order valence-electron chi connectivity index (χ2n) is 6.79. The molecule has 3 nitrogen and oxygen atoms in total. The lowest BCUT2D eigenvalue weighted by molar-refractivity contribution is -0.918. The molecule has 1 aliphatic heterocycles. The van der Waals surface area contributed by atoms with Gasteiger partial charge in [-0.15, -0.1) is 0 Å². The summed E-state index contributed by atoms with van der Waals surface area (Å²) in [5, 5.41) is 1.25. The summed E-state index contributed by atoms with van der Waals surface area (Å²) in [6, 6.07) is 19.1. The van der Waals surface area contributed by atoms with Gasteiger partial charge in [0, 0.05) is 10.9 Å². The number of nitrogens with one attached hydrogen (secondary N) is 2. The molecule has 3 aromatic rings. The number of aromatic amines is 1. The lowest BCUT2D eigenvalue weighted by Crippen LogP contribution is -3.11.